The van der Waals surface area contributed by atoms with E-state index in [0.29, 0.717) is 24.4 Å². The predicted octanol–water partition coefficient (Wildman–Crippen LogP) is 2.66. The summed E-state index contributed by atoms with van der Waals surface area (Å²) in [6.45, 7) is 2.43. The van der Waals surface area contributed by atoms with Crippen molar-refractivity contribution in [3.8, 4) is 11.1 Å². The number of hydrogen-bond donors (Lipinski definition) is 1. The Morgan fingerprint density at radius 2 is 1.70 bits per heavy atom. The molecule has 7 nitrogen and oxygen atoms in total. The largest absolute Gasteiger partial charge is 0.393 e. The number of aliphatic hydroxyl groups is 1. The molecular formula is C23H29N5O2. The molecule has 0 radical (unpaired) electrons. The van der Waals surface area contributed by atoms with Gasteiger partial charge in [0, 0.05) is 56.0 Å². The number of hydrogen-bond acceptors (Lipinski definition) is 6. The molecule has 2 aromatic heterocycles. The SMILES string of the molecule is O=C1N([C@H]2CC[C@@H](O)CC2)CCC12CCCN(c1ncc(-c3ccncc3)cn1)C2. The number of rotatable bonds is 3. The Balaban J connectivity index is 1.29. The Morgan fingerprint density at radius 1 is 0.967 bits per heavy atom. The summed E-state index contributed by atoms with van der Waals surface area (Å²) >= 11 is 0. The van der Waals surface area contributed by atoms with Crippen LogP contribution in [0.4, 0.5) is 5.95 Å². The molecule has 1 unspecified atom stereocenters. The molecule has 2 aliphatic heterocycles. The Hall–Kier alpha value is -2.54. The lowest BCUT2D eigenvalue weighted by atomic mass is 9.78. The van der Waals surface area contributed by atoms with Crippen molar-refractivity contribution in [2.75, 3.05) is 24.5 Å². The van der Waals surface area contributed by atoms with Gasteiger partial charge in [0.05, 0.1) is 11.5 Å². The van der Waals surface area contributed by atoms with Crippen LogP contribution in [0.1, 0.15) is 44.9 Å². The second-order valence-corrected chi connectivity index (χ2v) is 9.02. The number of carbonyl (C=O) groups is 1. The summed E-state index contributed by atoms with van der Waals surface area (Å²) in [6.07, 6.45) is 13.4. The first kappa shape index (κ1) is 19.4. The molecule has 5 rings (SSSR count). The van der Waals surface area contributed by atoms with E-state index in [0.717, 1.165) is 69.2 Å². The van der Waals surface area contributed by atoms with Crippen molar-refractivity contribution in [2.45, 2.75) is 57.1 Å². The van der Waals surface area contributed by atoms with Crippen LogP contribution in [0.3, 0.4) is 0 Å². The van der Waals surface area contributed by atoms with Crippen LogP contribution in [-0.4, -0.2) is 62.6 Å². The number of amides is 1. The van der Waals surface area contributed by atoms with Crippen molar-refractivity contribution in [1.29, 1.82) is 0 Å². The summed E-state index contributed by atoms with van der Waals surface area (Å²) in [5.74, 6) is 1.01. The van der Waals surface area contributed by atoms with Crippen LogP contribution in [0, 0.1) is 5.41 Å². The Kier molecular flexibility index (Phi) is 5.15. The molecule has 2 aromatic rings. The number of piperidine rings is 1. The van der Waals surface area contributed by atoms with Crippen LogP contribution in [-0.2, 0) is 4.79 Å². The highest BCUT2D eigenvalue weighted by atomic mass is 16.3. The van der Waals surface area contributed by atoms with Gasteiger partial charge in [0.15, 0.2) is 0 Å². The van der Waals surface area contributed by atoms with E-state index in [1.54, 1.807) is 12.4 Å². The average Bonchev–Trinajstić information content (AvgIpc) is 3.10. The van der Waals surface area contributed by atoms with Gasteiger partial charge >= 0.3 is 0 Å². The highest BCUT2D eigenvalue weighted by Crippen LogP contribution is 2.43. The van der Waals surface area contributed by atoms with Gasteiger partial charge < -0.3 is 14.9 Å². The van der Waals surface area contributed by atoms with Gasteiger partial charge in [0.2, 0.25) is 11.9 Å². The quantitative estimate of drug-likeness (QED) is 0.842. The van der Waals surface area contributed by atoms with Gasteiger partial charge in [-0.15, -0.1) is 0 Å². The smallest absolute Gasteiger partial charge is 0.230 e. The molecule has 0 bridgehead atoms. The minimum atomic E-state index is -0.304. The monoisotopic (exact) mass is 407 g/mol. The zero-order valence-corrected chi connectivity index (χ0v) is 17.3. The second-order valence-electron chi connectivity index (χ2n) is 9.02. The van der Waals surface area contributed by atoms with E-state index in [-0.39, 0.29) is 11.5 Å². The van der Waals surface area contributed by atoms with Gasteiger partial charge in [-0.05, 0) is 62.6 Å². The van der Waals surface area contributed by atoms with Crippen LogP contribution in [0.2, 0.25) is 0 Å². The molecule has 1 N–H and O–H groups in total. The summed E-state index contributed by atoms with van der Waals surface area (Å²) in [5.41, 5.74) is 1.71. The van der Waals surface area contributed by atoms with E-state index >= 15 is 0 Å². The number of aliphatic hydroxyl groups excluding tert-OH is 1. The first-order chi connectivity index (χ1) is 14.6. The molecule has 3 fully saturated rings. The molecule has 1 amide bonds. The number of likely N-dealkylation sites (tertiary alicyclic amines) is 1. The molecule has 1 aliphatic carbocycles. The Bertz CT molecular complexity index is 882. The van der Waals surface area contributed by atoms with Crippen LogP contribution in [0.25, 0.3) is 11.1 Å². The third-order valence-electron chi connectivity index (χ3n) is 7.16. The highest BCUT2D eigenvalue weighted by molar-refractivity contribution is 5.86. The first-order valence-corrected chi connectivity index (χ1v) is 11.1. The van der Waals surface area contributed by atoms with E-state index in [4.69, 9.17) is 0 Å². The summed E-state index contributed by atoms with van der Waals surface area (Å²) in [6, 6.07) is 4.20. The van der Waals surface area contributed by atoms with Gasteiger partial charge in [-0.1, -0.05) is 0 Å². The molecule has 2 saturated heterocycles. The number of carbonyl (C=O) groups excluding carboxylic acids is 1. The van der Waals surface area contributed by atoms with Gasteiger partial charge in [-0.2, -0.15) is 0 Å². The highest BCUT2D eigenvalue weighted by Gasteiger charge is 2.50. The zero-order chi connectivity index (χ0) is 20.6. The third-order valence-corrected chi connectivity index (χ3v) is 7.16. The van der Waals surface area contributed by atoms with Gasteiger partial charge in [0.25, 0.3) is 0 Å². The fraction of sp³-hybridized carbons (Fsp3) is 0.565. The van der Waals surface area contributed by atoms with Crippen molar-refractivity contribution in [1.82, 2.24) is 19.9 Å². The molecule has 1 atom stereocenters. The van der Waals surface area contributed by atoms with E-state index in [9.17, 15) is 9.90 Å². The number of aromatic nitrogens is 3. The number of nitrogens with zero attached hydrogens (tertiary/aromatic N) is 5. The maximum atomic E-state index is 13.5. The van der Waals surface area contributed by atoms with E-state index in [1.807, 2.05) is 24.5 Å². The summed E-state index contributed by atoms with van der Waals surface area (Å²) in [4.78, 5) is 31.1. The molecule has 1 spiro atoms. The summed E-state index contributed by atoms with van der Waals surface area (Å²) in [5, 5.41) is 9.80. The van der Waals surface area contributed by atoms with Gasteiger partial charge in [-0.25, -0.2) is 9.97 Å². The van der Waals surface area contributed by atoms with Crippen molar-refractivity contribution in [3.05, 3.63) is 36.9 Å². The maximum Gasteiger partial charge on any atom is 0.230 e. The van der Waals surface area contributed by atoms with Crippen LogP contribution in [0.5, 0.6) is 0 Å². The number of pyridine rings is 1. The van der Waals surface area contributed by atoms with Crippen molar-refractivity contribution in [3.63, 3.8) is 0 Å². The molecule has 1 saturated carbocycles. The van der Waals surface area contributed by atoms with E-state index < -0.39 is 0 Å². The molecule has 4 heterocycles. The number of anilines is 1. The summed E-state index contributed by atoms with van der Waals surface area (Å²) < 4.78 is 0. The predicted molar refractivity (Wildman–Crippen MR) is 114 cm³/mol. The normalized spacial score (nSPS) is 29.6. The van der Waals surface area contributed by atoms with Crippen LogP contribution < -0.4 is 4.90 Å². The average molecular weight is 408 g/mol. The van der Waals surface area contributed by atoms with Gasteiger partial charge in [0.1, 0.15) is 0 Å². The molecule has 3 aliphatic rings. The third kappa shape index (κ3) is 3.55. The second kappa shape index (κ2) is 7.95. The molecule has 7 heteroatoms. The minimum Gasteiger partial charge on any atom is -0.393 e. The Labute approximate surface area is 177 Å². The van der Waals surface area contributed by atoms with Crippen molar-refractivity contribution in [2.24, 2.45) is 5.41 Å². The van der Waals surface area contributed by atoms with Crippen LogP contribution >= 0.6 is 0 Å². The lowest BCUT2D eigenvalue weighted by molar-refractivity contribution is -0.139. The summed E-state index contributed by atoms with van der Waals surface area (Å²) in [7, 11) is 0. The van der Waals surface area contributed by atoms with E-state index in [1.165, 1.54) is 0 Å². The molecule has 0 aromatic carbocycles. The first-order valence-electron chi connectivity index (χ1n) is 11.1. The van der Waals surface area contributed by atoms with Gasteiger partial charge in [-0.3, -0.25) is 9.78 Å². The zero-order valence-electron chi connectivity index (χ0n) is 17.3. The lowest BCUT2D eigenvalue weighted by Crippen LogP contribution is -2.50. The van der Waals surface area contributed by atoms with Crippen LogP contribution in [0.15, 0.2) is 36.9 Å². The standard InChI is InChI=1S/C23H29N5O2/c29-20-4-2-19(3-5-20)28-13-9-23(21(28)30)8-1-12-27(16-23)22-25-14-18(15-26-22)17-6-10-24-11-7-17/h6-7,10-11,14-15,19-20,29H,1-5,8-9,12-13,16H2/t19-,20+,23?. The fourth-order valence-electron chi connectivity index (χ4n) is 5.42. The molecular weight excluding hydrogens is 378 g/mol. The topological polar surface area (TPSA) is 82.5 Å². The molecule has 158 valence electrons. The lowest BCUT2D eigenvalue weighted by Gasteiger charge is -2.40. The minimum absolute atomic E-state index is 0.189. The fourth-order valence-corrected chi connectivity index (χ4v) is 5.42. The van der Waals surface area contributed by atoms with E-state index in [2.05, 4.69) is 24.8 Å². The maximum absolute atomic E-state index is 13.5. The van der Waals surface area contributed by atoms with Crippen molar-refractivity contribution < 1.29 is 9.90 Å². The molecule has 30 heavy (non-hydrogen) atoms. The Morgan fingerprint density at radius 3 is 2.43 bits per heavy atom. The van der Waals surface area contributed by atoms with Crippen molar-refractivity contribution >= 4 is 11.9 Å².